The molecule has 0 saturated heterocycles. The third-order valence-corrected chi connectivity index (χ3v) is 3.99. The predicted molar refractivity (Wildman–Crippen MR) is 74.5 cm³/mol. The molecule has 0 unspecified atom stereocenters. The van der Waals surface area contributed by atoms with Gasteiger partial charge in [0.1, 0.15) is 0 Å². The minimum absolute atomic E-state index is 0.132. The summed E-state index contributed by atoms with van der Waals surface area (Å²) in [4.78, 5) is 11.9. The summed E-state index contributed by atoms with van der Waals surface area (Å²) in [7, 11) is 0. The number of nitrogens with one attached hydrogen (secondary N) is 1. The fraction of sp³-hybridized carbons (Fsp3) is 0.364. The minimum Gasteiger partial charge on any atom is -0.346 e. The van der Waals surface area contributed by atoms with Crippen LogP contribution in [0.25, 0.3) is 0 Å². The van der Waals surface area contributed by atoms with Crippen LogP contribution < -0.4 is 5.32 Å². The molecule has 2 nitrogen and oxygen atoms in total. The van der Waals surface area contributed by atoms with Gasteiger partial charge in [0.2, 0.25) is 0 Å². The third-order valence-electron chi connectivity index (χ3n) is 1.91. The first-order valence-corrected chi connectivity index (χ1v) is 6.98. The van der Waals surface area contributed by atoms with Crippen molar-refractivity contribution in [3.63, 3.8) is 0 Å². The van der Waals surface area contributed by atoms with Crippen molar-refractivity contribution < 1.29 is 4.79 Å². The molecule has 0 aliphatic heterocycles. The van der Waals surface area contributed by atoms with Crippen LogP contribution in [0.1, 0.15) is 24.2 Å². The molecule has 1 N–H and O–H groups in total. The Morgan fingerprint density at radius 3 is 2.56 bits per heavy atom. The fourth-order valence-corrected chi connectivity index (χ4v) is 2.10. The molecule has 16 heavy (non-hydrogen) atoms. The van der Waals surface area contributed by atoms with Crippen LogP contribution in [0.3, 0.4) is 0 Å². The van der Waals surface area contributed by atoms with Crippen molar-refractivity contribution >= 4 is 49.4 Å². The summed E-state index contributed by atoms with van der Waals surface area (Å²) >= 11 is 12.5. The average Bonchev–Trinajstić information content (AvgIpc) is 2.15. The lowest BCUT2D eigenvalue weighted by atomic mass is 10.1. The third kappa shape index (κ3) is 4.07. The van der Waals surface area contributed by atoms with E-state index >= 15 is 0 Å². The van der Waals surface area contributed by atoms with E-state index in [9.17, 15) is 4.79 Å². The van der Waals surface area contributed by atoms with E-state index in [-0.39, 0.29) is 11.4 Å². The van der Waals surface area contributed by atoms with E-state index in [1.54, 1.807) is 18.2 Å². The van der Waals surface area contributed by atoms with Crippen molar-refractivity contribution in [2.45, 2.75) is 19.4 Å². The molecule has 0 heterocycles. The Morgan fingerprint density at radius 1 is 1.44 bits per heavy atom. The zero-order valence-electron chi connectivity index (χ0n) is 8.98. The van der Waals surface area contributed by atoms with Crippen molar-refractivity contribution in [2.24, 2.45) is 0 Å². The minimum atomic E-state index is -0.286. The van der Waals surface area contributed by atoms with E-state index in [1.807, 2.05) is 13.8 Å². The van der Waals surface area contributed by atoms with E-state index in [0.717, 1.165) is 4.47 Å². The maximum Gasteiger partial charge on any atom is 0.251 e. The highest BCUT2D eigenvalue weighted by Gasteiger charge is 2.19. The number of rotatable bonds is 3. The topological polar surface area (TPSA) is 29.1 Å². The van der Waals surface area contributed by atoms with Gasteiger partial charge in [-0.1, -0.05) is 43.5 Å². The van der Waals surface area contributed by atoms with Gasteiger partial charge in [-0.05, 0) is 32.0 Å². The quantitative estimate of drug-likeness (QED) is 0.802. The zero-order chi connectivity index (χ0) is 12.3. The van der Waals surface area contributed by atoms with Crippen molar-refractivity contribution in [1.82, 2.24) is 5.32 Å². The maximum atomic E-state index is 11.9. The Labute approximate surface area is 117 Å². The van der Waals surface area contributed by atoms with Crippen LogP contribution in [0, 0.1) is 0 Å². The van der Waals surface area contributed by atoms with Gasteiger partial charge in [-0.2, -0.15) is 0 Å². The highest BCUT2D eigenvalue weighted by molar-refractivity contribution is 9.10. The van der Waals surface area contributed by atoms with Gasteiger partial charge in [-0.25, -0.2) is 0 Å². The second kappa shape index (κ2) is 5.52. The summed E-state index contributed by atoms with van der Waals surface area (Å²) in [5.41, 5.74) is 0.264. The van der Waals surface area contributed by atoms with Crippen molar-refractivity contribution in [1.29, 1.82) is 0 Å². The van der Waals surface area contributed by atoms with Crippen molar-refractivity contribution in [3.8, 4) is 0 Å². The van der Waals surface area contributed by atoms with Gasteiger partial charge in [0.05, 0.1) is 0 Å². The van der Waals surface area contributed by atoms with Crippen LogP contribution in [0.5, 0.6) is 0 Å². The maximum absolute atomic E-state index is 11.9. The largest absolute Gasteiger partial charge is 0.346 e. The molecule has 0 spiro atoms. The lowest BCUT2D eigenvalue weighted by molar-refractivity contribution is 0.0921. The molecule has 0 bridgehead atoms. The van der Waals surface area contributed by atoms with Crippen LogP contribution in [-0.2, 0) is 0 Å². The second-order valence-electron chi connectivity index (χ2n) is 4.13. The Morgan fingerprint density at radius 2 is 2.06 bits per heavy atom. The normalized spacial score (nSPS) is 11.3. The molecule has 0 saturated carbocycles. The molecule has 0 aliphatic rings. The highest BCUT2D eigenvalue weighted by atomic mass is 79.9. The standard InChI is InChI=1S/C11H12Br2ClNO/c1-11(2,6-12)15-10(16)7-3-8(13)5-9(14)4-7/h3-5H,6H2,1-2H3,(H,15,16). The summed E-state index contributed by atoms with van der Waals surface area (Å²) in [6.07, 6.45) is 0. The molecule has 0 aliphatic carbocycles. The van der Waals surface area contributed by atoms with Crippen LogP contribution in [0.15, 0.2) is 22.7 Å². The number of benzene rings is 1. The summed E-state index contributed by atoms with van der Waals surface area (Å²) in [5, 5.41) is 4.14. The Kier molecular flexibility index (Phi) is 4.83. The van der Waals surface area contributed by atoms with Crippen molar-refractivity contribution in [3.05, 3.63) is 33.3 Å². The first kappa shape index (κ1) is 14.0. The van der Waals surface area contributed by atoms with Gasteiger partial charge in [-0.3, -0.25) is 4.79 Å². The zero-order valence-corrected chi connectivity index (χ0v) is 12.9. The monoisotopic (exact) mass is 367 g/mol. The molecule has 0 radical (unpaired) electrons. The number of amides is 1. The molecule has 1 rings (SSSR count). The number of halogens is 3. The number of carbonyl (C=O) groups excluding carboxylic acids is 1. The first-order chi connectivity index (χ1) is 7.34. The van der Waals surface area contributed by atoms with Gasteiger partial charge in [0.25, 0.3) is 5.91 Å². The number of alkyl halides is 1. The summed E-state index contributed by atoms with van der Waals surface area (Å²) < 4.78 is 0.793. The van der Waals surface area contributed by atoms with Crippen LogP contribution in [-0.4, -0.2) is 16.8 Å². The highest BCUT2D eigenvalue weighted by Crippen LogP contribution is 2.20. The Hall–Kier alpha value is -0.0600. The van der Waals surface area contributed by atoms with Gasteiger partial charge in [-0.15, -0.1) is 0 Å². The molecule has 1 amide bonds. The summed E-state index contributed by atoms with van der Waals surface area (Å²) in [5.74, 6) is -0.132. The van der Waals surface area contributed by atoms with E-state index in [4.69, 9.17) is 11.6 Å². The molecule has 0 fully saturated rings. The molecule has 1 aromatic rings. The Bertz CT molecular complexity index is 387. The number of hydrogen-bond donors (Lipinski definition) is 1. The summed E-state index contributed by atoms with van der Waals surface area (Å²) in [6, 6.07) is 5.13. The number of hydrogen-bond acceptors (Lipinski definition) is 1. The smallest absolute Gasteiger partial charge is 0.251 e. The molecular weight excluding hydrogens is 357 g/mol. The summed E-state index contributed by atoms with van der Waals surface area (Å²) in [6.45, 7) is 3.89. The van der Waals surface area contributed by atoms with Gasteiger partial charge in [0.15, 0.2) is 0 Å². The Balaban J connectivity index is 2.89. The van der Waals surface area contributed by atoms with Gasteiger partial charge in [0, 0.05) is 25.9 Å². The van der Waals surface area contributed by atoms with E-state index < -0.39 is 0 Å². The second-order valence-corrected chi connectivity index (χ2v) is 6.04. The lowest BCUT2D eigenvalue weighted by Gasteiger charge is -2.23. The fourth-order valence-electron chi connectivity index (χ4n) is 1.10. The molecule has 0 aromatic heterocycles. The van der Waals surface area contributed by atoms with Crippen molar-refractivity contribution in [2.75, 3.05) is 5.33 Å². The van der Waals surface area contributed by atoms with E-state index in [0.29, 0.717) is 15.9 Å². The van der Waals surface area contributed by atoms with E-state index in [2.05, 4.69) is 37.2 Å². The molecule has 5 heteroatoms. The SMILES string of the molecule is CC(C)(CBr)NC(=O)c1cc(Cl)cc(Br)c1. The molecule has 88 valence electrons. The first-order valence-electron chi connectivity index (χ1n) is 4.68. The van der Waals surface area contributed by atoms with Crippen LogP contribution >= 0.6 is 43.5 Å². The molecule has 1 aromatic carbocycles. The lowest BCUT2D eigenvalue weighted by Crippen LogP contribution is -2.44. The van der Waals surface area contributed by atoms with Gasteiger partial charge >= 0.3 is 0 Å². The van der Waals surface area contributed by atoms with Crippen LogP contribution in [0.4, 0.5) is 0 Å². The number of carbonyl (C=O) groups is 1. The molecule has 0 atom stereocenters. The predicted octanol–water partition coefficient (Wildman–Crippen LogP) is 4.01. The van der Waals surface area contributed by atoms with Gasteiger partial charge < -0.3 is 5.32 Å². The molecular formula is C11H12Br2ClNO. The average molecular weight is 369 g/mol. The van der Waals surface area contributed by atoms with E-state index in [1.165, 1.54) is 0 Å². The van der Waals surface area contributed by atoms with Crippen LogP contribution in [0.2, 0.25) is 5.02 Å².